The Labute approximate surface area is 258 Å². The molecule has 4 amide bonds. The lowest BCUT2D eigenvalue weighted by Gasteiger charge is -2.46. The van der Waals surface area contributed by atoms with Crippen molar-refractivity contribution < 1.29 is 19.2 Å². The zero-order chi connectivity index (χ0) is 30.7. The van der Waals surface area contributed by atoms with Gasteiger partial charge in [0, 0.05) is 48.6 Å². The summed E-state index contributed by atoms with van der Waals surface area (Å²) < 4.78 is 0. The molecule has 3 aliphatic rings. The van der Waals surface area contributed by atoms with Crippen molar-refractivity contribution in [2.24, 2.45) is 5.73 Å². The number of fused-ring (bicyclic) bond motifs is 1. The highest BCUT2D eigenvalue weighted by molar-refractivity contribution is 6.32. The molecule has 0 radical (unpaired) electrons. The van der Waals surface area contributed by atoms with Crippen molar-refractivity contribution >= 4 is 40.9 Å². The summed E-state index contributed by atoms with van der Waals surface area (Å²) >= 11 is 6.28. The predicted molar refractivity (Wildman–Crippen MR) is 166 cm³/mol. The maximum Gasteiger partial charge on any atom is 0.246 e. The molecular formula is C33H42ClN5O4. The average molecular weight is 608 g/mol. The van der Waals surface area contributed by atoms with Gasteiger partial charge in [0.15, 0.2) is 0 Å². The van der Waals surface area contributed by atoms with Gasteiger partial charge in [-0.25, -0.2) is 0 Å². The summed E-state index contributed by atoms with van der Waals surface area (Å²) in [7, 11) is 0. The summed E-state index contributed by atoms with van der Waals surface area (Å²) in [5.74, 6) is -1.03. The highest BCUT2D eigenvalue weighted by Crippen LogP contribution is 2.45. The Morgan fingerprint density at radius 2 is 1.65 bits per heavy atom. The number of amides is 4. The van der Waals surface area contributed by atoms with Crippen LogP contribution in [0.3, 0.4) is 0 Å². The second-order valence-corrected chi connectivity index (χ2v) is 12.7. The second-order valence-electron chi connectivity index (χ2n) is 12.3. The van der Waals surface area contributed by atoms with Gasteiger partial charge in [-0.05, 0) is 93.3 Å². The monoisotopic (exact) mass is 607 g/mol. The van der Waals surface area contributed by atoms with Gasteiger partial charge in [0.2, 0.25) is 23.6 Å². The standard InChI is InChI=1S/C33H42ClN5O4/c1-21-17-25(18-22(2)30(21)34)36-31(42)26(11-15-35)37-32(43)27-19-23-7-3-4-8-24(23)20-38(27)28(40)9-10-29(41)39-16-6-14-33(39)12-5-13-33/h3-4,7-8,17-18,26-27H,5-6,9-16,19-20,35H2,1-2H3,(H,36,42)(H,37,43)/t26-,27-/m0/s1. The van der Waals surface area contributed by atoms with Crippen LogP contribution in [0.1, 0.15) is 73.6 Å². The molecular weight excluding hydrogens is 566 g/mol. The highest BCUT2D eigenvalue weighted by atomic mass is 35.5. The number of carbonyl (C=O) groups excluding carboxylic acids is 4. The number of nitrogens with zero attached hydrogens (tertiary/aromatic N) is 2. The molecule has 1 saturated heterocycles. The zero-order valence-corrected chi connectivity index (χ0v) is 25.8. The summed E-state index contributed by atoms with van der Waals surface area (Å²) in [4.78, 5) is 57.4. The van der Waals surface area contributed by atoms with Gasteiger partial charge in [-0.1, -0.05) is 35.9 Å². The van der Waals surface area contributed by atoms with Gasteiger partial charge >= 0.3 is 0 Å². The molecule has 2 aromatic carbocycles. The van der Waals surface area contributed by atoms with E-state index >= 15 is 0 Å². The van der Waals surface area contributed by atoms with Gasteiger partial charge in [0.05, 0.1) is 0 Å². The number of nitrogens with two attached hydrogens (primary N) is 1. The van der Waals surface area contributed by atoms with Gasteiger partial charge in [0.1, 0.15) is 12.1 Å². The van der Waals surface area contributed by atoms with Crippen LogP contribution in [-0.2, 0) is 32.1 Å². The van der Waals surface area contributed by atoms with Crippen molar-refractivity contribution in [3.63, 3.8) is 0 Å². The third-order valence-electron chi connectivity index (χ3n) is 9.40. The first-order chi connectivity index (χ1) is 20.6. The van der Waals surface area contributed by atoms with E-state index in [1.54, 1.807) is 17.0 Å². The Hall–Kier alpha value is -3.43. The maximum atomic E-state index is 13.8. The normalized spacial score (nSPS) is 19.4. The van der Waals surface area contributed by atoms with Crippen LogP contribution in [0.5, 0.6) is 0 Å². The third-order valence-corrected chi connectivity index (χ3v) is 9.99. The first-order valence-corrected chi connectivity index (χ1v) is 15.7. The van der Waals surface area contributed by atoms with E-state index in [0.717, 1.165) is 60.9 Å². The average Bonchev–Trinajstić information content (AvgIpc) is 3.44. The topological polar surface area (TPSA) is 125 Å². The van der Waals surface area contributed by atoms with E-state index in [9.17, 15) is 19.2 Å². The van der Waals surface area contributed by atoms with Crippen LogP contribution in [0.2, 0.25) is 5.02 Å². The summed E-state index contributed by atoms with van der Waals surface area (Å²) in [5.41, 5.74) is 10.0. The Morgan fingerprint density at radius 3 is 2.30 bits per heavy atom. The number of anilines is 1. The van der Waals surface area contributed by atoms with Crippen molar-refractivity contribution in [1.29, 1.82) is 0 Å². The summed E-state index contributed by atoms with van der Waals surface area (Å²) in [6.07, 6.45) is 6.03. The molecule has 0 bridgehead atoms. The molecule has 1 saturated carbocycles. The predicted octanol–water partition coefficient (Wildman–Crippen LogP) is 4.01. The number of halogens is 1. The Bertz CT molecular complexity index is 1380. The minimum Gasteiger partial charge on any atom is -0.342 e. The number of likely N-dealkylation sites (tertiary alicyclic amines) is 1. The Morgan fingerprint density at radius 1 is 1.00 bits per heavy atom. The van der Waals surface area contributed by atoms with Gasteiger partial charge in [0.25, 0.3) is 0 Å². The lowest BCUT2D eigenvalue weighted by atomic mass is 9.75. The molecule has 2 aromatic rings. The Kier molecular flexibility index (Phi) is 9.42. The fraction of sp³-hybridized carbons (Fsp3) is 0.515. The molecule has 0 unspecified atom stereocenters. The number of aryl methyl sites for hydroxylation is 2. The molecule has 230 valence electrons. The van der Waals surface area contributed by atoms with Gasteiger partial charge in [-0.2, -0.15) is 0 Å². The summed E-state index contributed by atoms with van der Waals surface area (Å²) in [6, 6.07) is 9.61. The first-order valence-electron chi connectivity index (χ1n) is 15.4. The van der Waals surface area contributed by atoms with E-state index in [1.165, 1.54) is 0 Å². The van der Waals surface area contributed by atoms with E-state index in [2.05, 4.69) is 10.6 Å². The van der Waals surface area contributed by atoms with Crippen LogP contribution < -0.4 is 16.4 Å². The number of nitrogens with one attached hydrogen (secondary N) is 2. The lowest BCUT2D eigenvalue weighted by molar-refractivity contribution is -0.145. The molecule has 2 heterocycles. The smallest absolute Gasteiger partial charge is 0.246 e. The van der Waals surface area contributed by atoms with Crippen molar-refractivity contribution in [1.82, 2.24) is 15.1 Å². The minimum atomic E-state index is -0.890. The van der Waals surface area contributed by atoms with Crippen molar-refractivity contribution in [2.75, 3.05) is 18.4 Å². The van der Waals surface area contributed by atoms with Crippen LogP contribution in [-0.4, -0.2) is 64.1 Å². The van der Waals surface area contributed by atoms with Gasteiger partial charge < -0.3 is 26.2 Å². The number of hydrogen-bond donors (Lipinski definition) is 3. The van der Waals surface area contributed by atoms with E-state index in [4.69, 9.17) is 17.3 Å². The van der Waals surface area contributed by atoms with E-state index < -0.39 is 23.9 Å². The molecule has 1 spiro atoms. The molecule has 2 fully saturated rings. The van der Waals surface area contributed by atoms with E-state index in [1.807, 2.05) is 43.0 Å². The molecule has 0 aromatic heterocycles. The zero-order valence-electron chi connectivity index (χ0n) is 25.1. The number of rotatable bonds is 9. The number of hydrogen-bond acceptors (Lipinski definition) is 5. The van der Waals surface area contributed by atoms with Crippen LogP contribution in [0, 0.1) is 13.8 Å². The molecule has 2 atom stereocenters. The lowest BCUT2D eigenvalue weighted by Crippen LogP contribution is -2.56. The van der Waals surface area contributed by atoms with Crippen LogP contribution >= 0.6 is 11.6 Å². The summed E-state index contributed by atoms with van der Waals surface area (Å²) in [5, 5.41) is 6.39. The largest absolute Gasteiger partial charge is 0.342 e. The maximum absolute atomic E-state index is 13.8. The van der Waals surface area contributed by atoms with Crippen LogP contribution in [0.4, 0.5) is 5.69 Å². The van der Waals surface area contributed by atoms with Crippen molar-refractivity contribution in [3.8, 4) is 0 Å². The molecule has 10 heteroatoms. The van der Waals surface area contributed by atoms with Crippen LogP contribution in [0.15, 0.2) is 36.4 Å². The first kappa shape index (κ1) is 31.0. The fourth-order valence-corrected chi connectivity index (χ4v) is 7.00. The molecule has 9 nitrogen and oxygen atoms in total. The Balaban J connectivity index is 1.28. The van der Waals surface area contributed by atoms with Gasteiger partial charge in [-0.15, -0.1) is 0 Å². The second kappa shape index (κ2) is 13.1. The van der Waals surface area contributed by atoms with Crippen LogP contribution in [0.25, 0.3) is 0 Å². The third kappa shape index (κ3) is 6.58. The van der Waals surface area contributed by atoms with Crippen molar-refractivity contribution in [3.05, 3.63) is 63.7 Å². The molecule has 43 heavy (non-hydrogen) atoms. The molecule has 5 rings (SSSR count). The molecule has 4 N–H and O–H groups in total. The fourth-order valence-electron chi connectivity index (χ4n) is 6.89. The van der Waals surface area contributed by atoms with Gasteiger partial charge in [-0.3, -0.25) is 19.2 Å². The number of carbonyl (C=O) groups is 4. The van der Waals surface area contributed by atoms with E-state index in [0.29, 0.717) is 17.1 Å². The van der Waals surface area contributed by atoms with E-state index in [-0.39, 0.29) is 49.7 Å². The molecule has 2 aliphatic heterocycles. The number of benzene rings is 2. The molecule has 1 aliphatic carbocycles. The quantitative estimate of drug-likeness (QED) is 0.397. The summed E-state index contributed by atoms with van der Waals surface area (Å²) in [6.45, 7) is 4.94. The van der Waals surface area contributed by atoms with Crippen molar-refractivity contribution in [2.45, 2.75) is 95.8 Å². The SMILES string of the molecule is Cc1cc(NC(=O)[C@H](CCN)NC(=O)[C@@H]2Cc3ccccc3CN2C(=O)CCC(=O)N2CCCC23CCC3)cc(C)c1Cl. The highest BCUT2D eigenvalue weighted by Gasteiger charge is 2.47. The minimum absolute atomic E-state index is 0.00853.